The summed E-state index contributed by atoms with van der Waals surface area (Å²) >= 11 is 0. The van der Waals surface area contributed by atoms with Crippen molar-refractivity contribution in [2.45, 2.75) is 33.1 Å². The summed E-state index contributed by atoms with van der Waals surface area (Å²) in [7, 11) is 0. The van der Waals surface area contributed by atoms with Crippen LogP contribution in [0.3, 0.4) is 0 Å². The number of esters is 1. The van der Waals surface area contributed by atoms with Crippen molar-refractivity contribution in [2.75, 3.05) is 12.3 Å². The molecule has 2 N–H and O–H groups in total. The molecule has 2 rings (SSSR count). The molecular formula is C18H21N3O2. The fraction of sp³-hybridized carbons (Fsp3) is 0.333. The molecule has 1 aromatic carbocycles. The molecule has 0 bridgehead atoms. The lowest BCUT2D eigenvalue weighted by Gasteiger charge is -2.08. The Labute approximate surface area is 136 Å². The third-order valence-corrected chi connectivity index (χ3v) is 3.66. The first-order chi connectivity index (χ1) is 11.1. The molecule has 0 amide bonds. The lowest BCUT2D eigenvalue weighted by atomic mass is 10.1. The number of nitriles is 1. The van der Waals surface area contributed by atoms with Crippen LogP contribution in [0.15, 0.2) is 30.6 Å². The molecule has 0 aliphatic rings. The second-order valence-corrected chi connectivity index (χ2v) is 5.31. The van der Waals surface area contributed by atoms with Crippen LogP contribution in [-0.4, -0.2) is 17.1 Å². The number of rotatable bonds is 6. The average molecular weight is 311 g/mol. The first-order valence-corrected chi connectivity index (χ1v) is 7.78. The van der Waals surface area contributed by atoms with Crippen molar-refractivity contribution in [3.05, 3.63) is 47.3 Å². The summed E-state index contributed by atoms with van der Waals surface area (Å²) in [6, 6.07) is 7.40. The van der Waals surface area contributed by atoms with E-state index in [1.807, 2.05) is 10.8 Å². The van der Waals surface area contributed by atoms with E-state index in [4.69, 9.17) is 10.5 Å². The van der Waals surface area contributed by atoms with Gasteiger partial charge >= 0.3 is 5.97 Å². The molecule has 0 spiro atoms. The van der Waals surface area contributed by atoms with Crippen LogP contribution in [-0.2, 0) is 11.2 Å². The quantitative estimate of drug-likeness (QED) is 0.654. The van der Waals surface area contributed by atoms with E-state index in [-0.39, 0.29) is 0 Å². The smallest absolute Gasteiger partial charge is 0.340 e. The van der Waals surface area contributed by atoms with E-state index in [1.54, 1.807) is 31.3 Å². The van der Waals surface area contributed by atoms with Crippen LogP contribution in [0.1, 0.15) is 48.2 Å². The molecule has 0 aliphatic heterocycles. The van der Waals surface area contributed by atoms with Crippen molar-refractivity contribution in [2.24, 2.45) is 0 Å². The van der Waals surface area contributed by atoms with Crippen molar-refractivity contribution in [1.82, 2.24) is 4.57 Å². The second kappa shape index (κ2) is 7.50. The maximum Gasteiger partial charge on any atom is 0.340 e. The summed E-state index contributed by atoms with van der Waals surface area (Å²) in [5.74, 6) is -0.426. The van der Waals surface area contributed by atoms with Crippen molar-refractivity contribution in [3.8, 4) is 11.8 Å². The largest absolute Gasteiger partial charge is 0.462 e. The molecule has 0 saturated carbocycles. The molecular weight excluding hydrogens is 290 g/mol. The van der Waals surface area contributed by atoms with Gasteiger partial charge in [0.15, 0.2) is 0 Å². The number of aromatic nitrogens is 1. The molecule has 2 aromatic rings. The van der Waals surface area contributed by atoms with E-state index >= 15 is 0 Å². The first-order valence-electron chi connectivity index (χ1n) is 7.78. The fourth-order valence-electron chi connectivity index (χ4n) is 2.42. The third kappa shape index (κ3) is 3.72. The topological polar surface area (TPSA) is 81.0 Å². The highest BCUT2D eigenvalue weighted by Gasteiger charge is 2.13. The first kappa shape index (κ1) is 16.6. The second-order valence-electron chi connectivity index (χ2n) is 5.31. The van der Waals surface area contributed by atoms with E-state index in [1.165, 1.54) is 0 Å². The molecule has 5 nitrogen and oxygen atoms in total. The Morgan fingerprint density at radius 1 is 1.35 bits per heavy atom. The average Bonchev–Trinajstić information content (AvgIpc) is 2.96. The van der Waals surface area contributed by atoms with Gasteiger partial charge in [0.05, 0.1) is 17.7 Å². The lowest BCUT2D eigenvalue weighted by Crippen LogP contribution is -2.08. The van der Waals surface area contributed by atoms with Gasteiger partial charge in [0.2, 0.25) is 0 Å². The molecule has 0 radical (unpaired) electrons. The van der Waals surface area contributed by atoms with Crippen LogP contribution >= 0.6 is 0 Å². The number of hydrogen-bond acceptors (Lipinski definition) is 4. The third-order valence-electron chi connectivity index (χ3n) is 3.66. The van der Waals surface area contributed by atoms with Crippen molar-refractivity contribution in [1.29, 1.82) is 5.26 Å². The fourth-order valence-corrected chi connectivity index (χ4v) is 2.42. The molecule has 1 aromatic heterocycles. The Hall–Kier alpha value is -2.74. The number of ether oxygens (including phenoxy) is 1. The highest BCUT2D eigenvalue weighted by atomic mass is 16.5. The van der Waals surface area contributed by atoms with Gasteiger partial charge in [0.25, 0.3) is 0 Å². The number of anilines is 1. The Morgan fingerprint density at radius 3 is 2.74 bits per heavy atom. The minimum absolute atomic E-state index is 0.309. The summed E-state index contributed by atoms with van der Waals surface area (Å²) < 4.78 is 6.84. The summed E-state index contributed by atoms with van der Waals surface area (Å²) in [6.45, 7) is 4.19. The maximum absolute atomic E-state index is 11.8. The predicted molar refractivity (Wildman–Crippen MR) is 89.5 cm³/mol. The molecule has 5 heteroatoms. The number of carbonyl (C=O) groups excluding carboxylic acids is 1. The zero-order valence-electron chi connectivity index (χ0n) is 13.5. The van der Waals surface area contributed by atoms with Crippen LogP contribution in [0, 0.1) is 11.3 Å². The molecule has 0 saturated heterocycles. The highest BCUT2D eigenvalue weighted by Crippen LogP contribution is 2.22. The van der Waals surface area contributed by atoms with Crippen molar-refractivity contribution >= 4 is 11.7 Å². The predicted octanol–water partition coefficient (Wildman–Crippen LogP) is 3.45. The van der Waals surface area contributed by atoms with Gasteiger partial charge in [-0.05, 0) is 43.5 Å². The Morgan fingerprint density at radius 2 is 2.13 bits per heavy atom. The normalized spacial score (nSPS) is 10.3. The van der Waals surface area contributed by atoms with E-state index in [2.05, 4.69) is 13.0 Å². The SMILES string of the molecule is CCCCc1cn(-c2ccc(C(=O)OCC)c(N)c2)cc1C#N. The standard InChI is InChI=1S/C18H21N3O2/c1-3-5-6-13-11-21(12-14(13)10-19)15-7-8-16(17(20)9-15)18(22)23-4-2/h7-9,11-12H,3-6,20H2,1-2H3. The number of benzene rings is 1. The van der Waals surface area contributed by atoms with Gasteiger partial charge in [0, 0.05) is 23.8 Å². The van der Waals surface area contributed by atoms with Gasteiger partial charge < -0.3 is 15.0 Å². The molecule has 1 heterocycles. The van der Waals surface area contributed by atoms with E-state index < -0.39 is 5.97 Å². The summed E-state index contributed by atoms with van der Waals surface area (Å²) in [5.41, 5.74) is 9.21. The Balaban J connectivity index is 2.32. The number of unbranched alkanes of at least 4 members (excludes halogenated alkanes) is 1. The number of carbonyl (C=O) groups is 1. The molecule has 120 valence electrons. The summed E-state index contributed by atoms with van der Waals surface area (Å²) in [5, 5.41) is 9.26. The number of aryl methyl sites for hydroxylation is 1. The molecule has 0 unspecified atom stereocenters. The van der Waals surface area contributed by atoms with E-state index in [9.17, 15) is 10.1 Å². The van der Waals surface area contributed by atoms with Crippen molar-refractivity contribution in [3.63, 3.8) is 0 Å². The van der Waals surface area contributed by atoms with Crippen LogP contribution in [0.5, 0.6) is 0 Å². The molecule has 23 heavy (non-hydrogen) atoms. The Bertz CT molecular complexity index is 741. The van der Waals surface area contributed by atoms with Crippen LogP contribution < -0.4 is 5.73 Å². The highest BCUT2D eigenvalue weighted by molar-refractivity contribution is 5.95. The van der Waals surface area contributed by atoms with Gasteiger partial charge in [-0.15, -0.1) is 0 Å². The maximum atomic E-state index is 11.8. The van der Waals surface area contributed by atoms with Gasteiger partial charge in [-0.25, -0.2) is 4.79 Å². The molecule has 0 atom stereocenters. The zero-order chi connectivity index (χ0) is 16.8. The number of nitrogen functional groups attached to an aromatic ring is 1. The van der Waals surface area contributed by atoms with Gasteiger partial charge in [-0.1, -0.05) is 13.3 Å². The zero-order valence-corrected chi connectivity index (χ0v) is 13.5. The van der Waals surface area contributed by atoms with E-state index in [0.29, 0.717) is 23.4 Å². The lowest BCUT2D eigenvalue weighted by molar-refractivity contribution is 0.0527. The number of nitrogens with zero attached hydrogens (tertiary/aromatic N) is 2. The van der Waals surface area contributed by atoms with Crippen molar-refractivity contribution < 1.29 is 9.53 Å². The Kier molecular flexibility index (Phi) is 5.42. The minimum atomic E-state index is -0.426. The van der Waals surface area contributed by atoms with Gasteiger partial charge in [-0.2, -0.15) is 5.26 Å². The van der Waals surface area contributed by atoms with E-state index in [0.717, 1.165) is 30.5 Å². The minimum Gasteiger partial charge on any atom is -0.462 e. The number of hydrogen-bond donors (Lipinski definition) is 1. The van der Waals surface area contributed by atoms with Crippen LogP contribution in [0.2, 0.25) is 0 Å². The van der Waals surface area contributed by atoms with Crippen LogP contribution in [0.25, 0.3) is 5.69 Å². The van der Waals surface area contributed by atoms with Gasteiger partial charge in [0.1, 0.15) is 6.07 Å². The summed E-state index contributed by atoms with van der Waals surface area (Å²) in [4.78, 5) is 11.8. The van der Waals surface area contributed by atoms with Crippen LogP contribution in [0.4, 0.5) is 5.69 Å². The molecule has 0 fully saturated rings. The monoisotopic (exact) mass is 311 g/mol. The van der Waals surface area contributed by atoms with Gasteiger partial charge in [-0.3, -0.25) is 0 Å². The summed E-state index contributed by atoms with van der Waals surface area (Å²) in [6.07, 6.45) is 6.75. The molecule has 0 aliphatic carbocycles. The number of nitrogens with two attached hydrogens (primary N) is 1.